The van der Waals surface area contributed by atoms with Crippen molar-refractivity contribution in [3.05, 3.63) is 35.9 Å². The fraction of sp³-hybridized carbons (Fsp3) is 0.529. The molecule has 0 unspecified atom stereocenters. The number of rotatable bonds is 11. The lowest BCUT2D eigenvalue weighted by Crippen LogP contribution is -2.38. The number of carbonyl (C=O) groups excluding carboxylic acids is 2. The first-order valence-electron chi connectivity index (χ1n) is 8.29. The molecule has 8 heteroatoms. The van der Waals surface area contributed by atoms with Gasteiger partial charge in [0.25, 0.3) is 0 Å². The second kappa shape index (κ2) is 11.0. The zero-order valence-corrected chi connectivity index (χ0v) is 15.9. The fourth-order valence-corrected chi connectivity index (χ4v) is 3.76. The smallest absolute Gasteiger partial charge is 0.340 e. The van der Waals surface area contributed by atoms with Gasteiger partial charge in [-0.05, 0) is 26.3 Å². The lowest BCUT2D eigenvalue weighted by Gasteiger charge is -2.24. The van der Waals surface area contributed by atoms with Crippen LogP contribution < -0.4 is 0 Å². The number of hydrogen-bond donors (Lipinski definition) is 0. The highest BCUT2D eigenvalue weighted by molar-refractivity contribution is 7.54. The summed E-state index contributed by atoms with van der Waals surface area (Å²) >= 11 is 0. The molecule has 1 aromatic rings. The van der Waals surface area contributed by atoms with E-state index in [-0.39, 0.29) is 32.9 Å². The largest absolute Gasteiger partial charge is 0.465 e. The van der Waals surface area contributed by atoms with Gasteiger partial charge in [-0.1, -0.05) is 30.3 Å². The normalized spacial score (nSPS) is 11.2. The summed E-state index contributed by atoms with van der Waals surface area (Å²) in [5.41, 5.74) is 0.850. The minimum Gasteiger partial charge on any atom is -0.465 e. The molecular weight excluding hydrogens is 345 g/mol. The van der Waals surface area contributed by atoms with Gasteiger partial charge >= 0.3 is 13.6 Å². The molecule has 0 aromatic heterocycles. The second-order valence-electron chi connectivity index (χ2n) is 5.14. The van der Waals surface area contributed by atoms with Gasteiger partial charge in [0.05, 0.1) is 19.8 Å². The number of nitrogens with zero attached hydrogens (tertiary/aromatic N) is 1. The lowest BCUT2D eigenvalue weighted by molar-refractivity contribution is -0.148. The molecule has 0 bridgehead atoms. The highest BCUT2D eigenvalue weighted by atomic mass is 31.2. The van der Waals surface area contributed by atoms with Crippen LogP contribution in [0.4, 0.5) is 0 Å². The number of esters is 1. The first-order valence-corrected chi connectivity index (χ1v) is 10.0. The van der Waals surface area contributed by atoms with E-state index in [1.54, 1.807) is 20.8 Å². The van der Waals surface area contributed by atoms with E-state index in [4.69, 9.17) is 13.8 Å². The molecule has 1 amide bonds. The van der Waals surface area contributed by atoms with Crippen LogP contribution in [-0.2, 0) is 34.5 Å². The van der Waals surface area contributed by atoms with E-state index in [9.17, 15) is 14.2 Å². The summed E-state index contributed by atoms with van der Waals surface area (Å²) in [5, 5.41) is 0. The van der Waals surface area contributed by atoms with Gasteiger partial charge in [0, 0.05) is 6.54 Å². The molecule has 0 atom stereocenters. The molecule has 0 aliphatic carbocycles. The van der Waals surface area contributed by atoms with Crippen LogP contribution in [0.25, 0.3) is 0 Å². The molecule has 7 nitrogen and oxygen atoms in total. The summed E-state index contributed by atoms with van der Waals surface area (Å²) in [5.74, 6) is -1.00. The number of benzene rings is 1. The van der Waals surface area contributed by atoms with Crippen LogP contribution in [0.15, 0.2) is 30.3 Å². The van der Waals surface area contributed by atoms with Crippen LogP contribution in [-0.4, -0.2) is 49.3 Å². The Labute approximate surface area is 148 Å². The molecule has 140 valence electrons. The van der Waals surface area contributed by atoms with Crippen LogP contribution >= 0.6 is 7.60 Å². The van der Waals surface area contributed by atoms with Crippen molar-refractivity contribution in [3.63, 3.8) is 0 Å². The first-order chi connectivity index (χ1) is 11.9. The Morgan fingerprint density at radius 2 is 1.60 bits per heavy atom. The van der Waals surface area contributed by atoms with Gasteiger partial charge in [-0.2, -0.15) is 0 Å². The number of ether oxygens (including phenoxy) is 1. The zero-order chi connectivity index (χ0) is 18.7. The molecule has 0 spiro atoms. The zero-order valence-electron chi connectivity index (χ0n) is 15.0. The van der Waals surface area contributed by atoms with Gasteiger partial charge in [0.1, 0.15) is 12.7 Å². The topological polar surface area (TPSA) is 82.1 Å². The highest BCUT2D eigenvalue weighted by Crippen LogP contribution is 2.48. The van der Waals surface area contributed by atoms with Crippen molar-refractivity contribution in [2.24, 2.45) is 0 Å². The maximum atomic E-state index is 12.6. The third kappa shape index (κ3) is 7.82. The average molecular weight is 371 g/mol. The van der Waals surface area contributed by atoms with E-state index in [0.717, 1.165) is 5.56 Å². The van der Waals surface area contributed by atoms with Gasteiger partial charge in [0.15, 0.2) is 0 Å². The van der Waals surface area contributed by atoms with E-state index in [1.807, 2.05) is 30.3 Å². The van der Waals surface area contributed by atoms with E-state index < -0.39 is 25.6 Å². The summed E-state index contributed by atoms with van der Waals surface area (Å²) in [7, 11) is -3.54. The standard InChI is InChI=1S/C17H26NO6P/c1-4-22-17(20)13-18(12-15-10-8-7-9-11-15)16(19)14-25(21,23-5-2)24-6-3/h7-11H,4-6,12-14H2,1-3H3. The Balaban J connectivity index is 2.90. The lowest BCUT2D eigenvalue weighted by atomic mass is 10.2. The summed E-state index contributed by atoms with van der Waals surface area (Å²) in [6, 6.07) is 9.23. The van der Waals surface area contributed by atoms with Crippen molar-refractivity contribution < 1.29 is 27.9 Å². The van der Waals surface area contributed by atoms with Gasteiger partial charge in [-0.3, -0.25) is 14.2 Å². The summed E-state index contributed by atoms with van der Waals surface area (Å²) < 4.78 is 27.8. The Bertz CT molecular complexity index is 582. The van der Waals surface area contributed by atoms with E-state index in [1.165, 1.54) is 4.90 Å². The molecule has 1 rings (SSSR count). The van der Waals surface area contributed by atoms with Gasteiger partial charge in [-0.25, -0.2) is 0 Å². The SMILES string of the molecule is CCOC(=O)CN(Cc1ccccc1)C(=O)CP(=O)(OCC)OCC. The summed E-state index contributed by atoms with van der Waals surface area (Å²) in [6.45, 7) is 5.59. The third-order valence-corrected chi connectivity index (χ3v) is 5.14. The van der Waals surface area contributed by atoms with E-state index in [2.05, 4.69) is 0 Å². The van der Waals surface area contributed by atoms with Crippen molar-refractivity contribution in [3.8, 4) is 0 Å². The van der Waals surface area contributed by atoms with Gasteiger partial charge < -0.3 is 18.7 Å². The molecule has 0 saturated carbocycles. The number of hydrogen-bond acceptors (Lipinski definition) is 6. The minimum absolute atomic E-state index is 0.168. The second-order valence-corrected chi connectivity index (χ2v) is 7.20. The van der Waals surface area contributed by atoms with E-state index in [0.29, 0.717) is 0 Å². The fourth-order valence-electron chi connectivity index (χ4n) is 2.19. The molecule has 0 aliphatic rings. The van der Waals surface area contributed by atoms with Crippen molar-refractivity contribution in [1.82, 2.24) is 4.90 Å². The molecule has 0 fully saturated rings. The van der Waals surface area contributed by atoms with Crippen LogP contribution in [0.1, 0.15) is 26.3 Å². The van der Waals surface area contributed by atoms with Crippen LogP contribution in [0.5, 0.6) is 0 Å². The number of carbonyl (C=O) groups is 2. The van der Waals surface area contributed by atoms with Gasteiger partial charge in [0.2, 0.25) is 5.91 Å². The van der Waals surface area contributed by atoms with Crippen molar-refractivity contribution in [1.29, 1.82) is 0 Å². The predicted octanol–water partition coefficient (Wildman–Crippen LogP) is 2.84. The minimum atomic E-state index is -3.54. The Morgan fingerprint density at radius 1 is 1.00 bits per heavy atom. The maximum Gasteiger partial charge on any atom is 0.340 e. The summed E-state index contributed by atoms with van der Waals surface area (Å²) in [6.07, 6.45) is -0.416. The van der Waals surface area contributed by atoms with E-state index >= 15 is 0 Å². The quantitative estimate of drug-likeness (QED) is 0.439. The average Bonchev–Trinajstić information content (AvgIpc) is 2.55. The molecule has 0 heterocycles. The molecule has 0 aliphatic heterocycles. The molecule has 25 heavy (non-hydrogen) atoms. The highest BCUT2D eigenvalue weighted by Gasteiger charge is 2.31. The Hall–Kier alpha value is -1.69. The van der Waals surface area contributed by atoms with Crippen molar-refractivity contribution in [2.75, 3.05) is 32.5 Å². The summed E-state index contributed by atoms with van der Waals surface area (Å²) in [4.78, 5) is 25.8. The first kappa shape index (κ1) is 21.4. The van der Waals surface area contributed by atoms with Crippen LogP contribution in [0.3, 0.4) is 0 Å². The molecule has 0 radical (unpaired) electrons. The number of amides is 1. The Kier molecular flexibility index (Phi) is 9.42. The third-order valence-electron chi connectivity index (χ3n) is 3.17. The van der Waals surface area contributed by atoms with Gasteiger partial charge in [-0.15, -0.1) is 0 Å². The molecule has 1 aromatic carbocycles. The molecular formula is C17H26NO6P. The molecule has 0 saturated heterocycles. The van der Waals surface area contributed by atoms with Crippen molar-refractivity contribution >= 4 is 19.5 Å². The van der Waals surface area contributed by atoms with Crippen molar-refractivity contribution in [2.45, 2.75) is 27.3 Å². The monoisotopic (exact) mass is 371 g/mol. The van der Waals surface area contributed by atoms with Crippen LogP contribution in [0, 0.1) is 0 Å². The van der Waals surface area contributed by atoms with Crippen LogP contribution in [0.2, 0.25) is 0 Å². The Morgan fingerprint density at radius 3 is 2.12 bits per heavy atom. The predicted molar refractivity (Wildman–Crippen MR) is 94.2 cm³/mol. The maximum absolute atomic E-state index is 12.6. The molecule has 0 N–H and O–H groups in total.